The van der Waals surface area contributed by atoms with Crippen molar-refractivity contribution in [2.24, 2.45) is 0 Å². The maximum Gasteiger partial charge on any atom is 0.234 e. The molecule has 7 nitrogen and oxygen atoms in total. The number of carbonyl (C=O) groups is 1. The first-order valence-corrected chi connectivity index (χ1v) is 11.2. The number of nitrogens with zero attached hydrogens (tertiary/aromatic N) is 5. The third kappa shape index (κ3) is 5.21. The average molecular weight is 433 g/mol. The Morgan fingerprint density at radius 2 is 1.84 bits per heavy atom. The van der Waals surface area contributed by atoms with Gasteiger partial charge < -0.3 is 5.32 Å². The minimum atomic E-state index is -0.0900. The summed E-state index contributed by atoms with van der Waals surface area (Å²) < 4.78 is 3.72. The van der Waals surface area contributed by atoms with Crippen LogP contribution in [0.15, 0.2) is 78.3 Å². The molecule has 158 valence electrons. The summed E-state index contributed by atoms with van der Waals surface area (Å²) in [6.45, 7) is 2.18. The number of hydrogen-bond acceptors (Lipinski definition) is 5. The van der Waals surface area contributed by atoms with Crippen LogP contribution in [0.1, 0.15) is 25.3 Å². The third-order valence-corrected chi connectivity index (χ3v) is 5.63. The molecule has 0 bridgehead atoms. The molecule has 0 atom stereocenters. The largest absolute Gasteiger partial charge is 0.325 e. The van der Waals surface area contributed by atoms with Gasteiger partial charge in [-0.3, -0.25) is 14.5 Å². The van der Waals surface area contributed by atoms with Gasteiger partial charge in [-0.25, -0.2) is 4.68 Å². The van der Waals surface area contributed by atoms with E-state index in [9.17, 15) is 4.79 Å². The van der Waals surface area contributed by atoms with Gasteiger partial charge in [-0.05, 0) is 54.8 Å². The van der Waals surface area contributed by atoms with E-state index in [1.165, 1.54) is 30.2 Å². The second-order valence-corrected chi connectivity index (χ2v) is 7.98. The Morgan fingerprint density at radius 3 is 2.55 bits per heavy atom. The van der Waals surface area contributed by atoms with Gasteiger partial charge in [0.2, 0.25) is 16.9 Å². The van der Waals surface area contributed by atoms with Gasteiger partial charge in [-0.1, -0.05) is 43.3 Å². The number of thioether (sulfide) groups is 1. The van der Waals surface area contributed by atoms with Gasteiger partial charge in [0, 0.05) is 24.3 Å². The van der Waals surface area contributed by atoms with Crippen LogP contribution in [0.5, 0.6) is 0 Å². The van der Waals surface area contributed by atoms with E-state index in [-0.39, 0.29) is 11.7 Å². The summed E-state index contributed by atoms with van der Waals surface area (Å²) in [7, 11) is 0. The maximum atomic E-state index is 12.5. The number of rotatable bonds is 9. The minimum Gasteiger partial charge on any atom is -0.325 e. The minimum absolute atomic E-state index is 0.0900. The number of aryl methyl sites for hydroxylation is 1. The van der Waals surface area contributed by atoms with E-state index in [0.29, 0.717) is 16.7 Å². The molecule has 0 radical (unpaired) electrons. The van der Waals surface area contributed by atoms with Crippen LogP contribution in [0.2, 0.25) is 0 Å². The summed E-state index contributed by atoms with van der Waals surface area (Å²) in [5.74, 6) is 0.745. The summed E-state index contributed by atoms with van der Waals surface area (Å²) >= 11 is 1.33. The van der Waals surface area contributed by atoms with Gasteiger partial charge in [-0.2, -0.15) is 0 Å². The first kappa shape index (κ1) is 20.9. The van der Waals surface area contributed by atoms with Crippen molar-refractivity contribution in [2.45, 2.75) is 31.3 Å². The summed E-state index contributed by atoms with van der Waals surface area (Å²) in [6.07, 6.45) is 8.93. The lowest BCUT2D eigenvalue weighted by Crippen LogP contribution is -2.16. The molecule has 8 heteroatoms. The Labute approximate surface area is 185 Å². The van der Waals surface area contributed by atoms with Gasteiger partial charge in [-0.15, -0.1) is 10.2 Å². The Kier molecular flexibility index (Phi) is 6.78. The number of pyridine rings is 1. The zero-order valence-corrected chi connectivity index (χ0v) is 18.1. The number of unbranched alkanes of at least 4 members (excludes halogenated alkanes) is 1. The van der Waals surface area contributed by atoms with Crippen molar-refractivity contribution in [3.63, 3.8) is 0 Å². The van der Waals surface area contributed by atoms with Crippen LogP contribution < -0.4 is 5.32 Å². The van der Waals surface area contributed by atoms with Crippen molar-refractivity contribution in [1.82, 2.24) is 24.5 Å². The molecular formula is C23H24N6OS. The molecule has 1 N–H and O–H groups in total. The SMILES string of the molecule is CCCCc1ccc(NC(=O)CSc2nnc(-c3ccccn3)n2-n2cccc2)cc1. The van der Waals surface area contributed by atoms with Crippen LogP contribution >= 0.6 is 11.8 Å². The van der Waals surface area contributed by atoms with Crippen molar-refractivity contribution in [3.05, 3.63) is 78.8 Å². The Bertz CT molecular complexity index is 1110. The standard InChI is InChI=1S/C23H24N6OS/c1-2-3-8-18-10-12-19(13-11-18)25-21(30)17-31-23-27-26-22(20-9-4-5-14-24-20)29(23)28-15-6-7-16-28/h4-7,9-16H,2-3,8,17H2,1H3,(H,25,30). The fraction of sp³-hybridized carbons (Fsp3) is 0.217. The maximum absolute atomic E-state index is 12.5. The highest BCUT2D eigenvalue weighted by Crippen LogP contribution is 2.23. The molecule has 0 saturated heterocycles. The molecule has 0 spiro atoms. The van der Waals surface area contributed by atoms with Crippen molar-refractivity contribution in [2.75, 3.05) is 11.1 Å². The van der Waals surface area contributed by atoms with Crippen LogP contribution in [0, 0.1) is 0 Å². The molecular weight excluding hydrogens is 408 g/mol. The summed E-state index contributed by atoms with van der Waals surface area (Å²) in [4.78, 5) is 16.9. The van der Waals surface area contributed by atoms with Crippen LogP contribution in [-0.4, -0.2) is 36.2 Å². The fourth-order valence-corrected chi connectivity index (χ4v) is 3.87. The molecule has 31 heavy (non-hydrogen) atoms. The third-order valence-electron chi connectivity index (χ3n) is 4.71. The van der Waals surface area contributed by atoms with E-state index < -0.39 is 0 Å². The number of benzene rings is 1. The summed E-state index contributed by atoms with van der Waals surface area (Å²) in [6, 6.07) is 17.5. The van der Waals surface area contributed by atoms with Gasteiger partial charge in [0.15, 0.2) is 0 Å². The fourth-order valence-electron chi connectivity index (χ4n) is 3.14. The molecule has 1 aromatic carbocycles. The topological polar surface area (TPSA) is 77.6 Å². The van der Waals surface area contributed by atoms with Gasteiger partial charge in [0.25, 0.3) is 0 Å². The molecule has 3 heterocycles. The second kappa shape index (κ2) is 10.1. The normalized spacial score (nSPS) is 10.9. The Hall–Kier alpha value is -3.39. The van der Waals surface area contributed by atoms with E-state index in [2.05, 4.69) is 39.6 Å². The van der Waals surface area contributed by atoms with E-state index in [1.807, 2.05) is 64.2 Å². The molecule has 4 aromatic rings. The van der Waals surface area contributed by atoms with Gasteiger partial charge in [0.05, 0.1) is 5.75 Å². The molecule has 4 rings (SSSR count). The lowest BCUT2D eigenvalue weighted by atomic mass is 10.1. The molecule has 0 unspecified atom stereocenters. The smallest absolute Gasteiger partial charge is 0.234 e. The van der Waals surface area contributed by atoms with Crippen LogP contribution in [0.4, 0.5) is 5.69 Å². The van der Waals surface area contributed by atoms with E-state index >= 15 is 0 Å². The van der Waals surface area contributed by atoms with Crippen molar-refractivity contribution < 1.29 is 4.79 Å². The Balaban J connectivity index is 1.45. The van der Waals surface area contributed by atoms with Crippen LogP contribution in [0.25, 0.3) is 11.5 Å². The molecule has 3 aromatic heterocycles. The quantitative estimate of drug-likeness (QED) is 0.393. The number of aromatic nitrogens is 5. The highest BCUT2D eigenvalue weighted by molar-refractivity contribution is 7.99. The second-order valence-electron chi connectivity index (χ2n) is 7.03. The molecule has 0 aliphatic heterocycles. The van der Waals surface area contributed by atoms with E-state index in [0.717, 1.165) is 12.1 Å². The highest BCUT2D eigenvalue weighted by atomic mass is 32.2. The summed E-state index contributed by atoms with van der Waals surface area (Å²) in [5, 5.41) is 12.2. The van der Waals surface area contributed by atoms with Gasteiger partial charge in [0.1, 0.15) is 5.69 Å². The summed E-state index contributed by atoms with van der Waals surface area (Å²) in [5.41, 5.74) is 2.80. The molecule has 0 fully saturated rings. The first-order valence-electron chi connectivity index (χ1n) is 10.3. The van der Waals surface area contributed by atoms with Crippen LogP contribution in [-0.2, 0) is 11.2 Å². The average Bonchev–Trinajstić information content (AvgIpc) is 3.47. The van der Waals surface area contributed by atoms with Gasteiger partial charge >= 0.3 is 0 Å². The van der Waals surface area contributed by atoms with Crippen molar-refractivity contribution >= 4 is 23.4 Å². The number of amides is 1. The zero-order valence-electron chi connectivity index (χ0n) is 17.3. The van der Waals surface area contributed by atoms with Crippen molar-refractivity contribution in [1.29, 1.82) is 0 Å². The Morgan fingerprint density at radius 1 is 1.03 bits per heavy atom. The monoisotopic (exact) mass is 432 g/mol. The van der Waals surface area contributed by atoms with E-state index in [1.54, 1.807) is 6.20 Å². The molecule has 0 saturated carbocycles. The highest BCUT2D eigenvalue weighted by Gasteiger charge is 2.17. The number of hydrogen-bond donors (Lipinski definition) is 1. The zero-order chi connectivity index (χ0) is 21.5. The molecule has 0 aliphatic carbocycles. The number of carbonyl (C=O) groups excluding carboxylic acids is 1. The molecule has 1 amide bonds. The lowest BCUT2D eigenvalue weighted by Gasteiger charge is -2.11. The lowest BCUT2D eigenvalue weighted by molar-refractivity contribution is -0.113. The van der Waals surface area contributed by atoms with Crippen molar-refractivity contribution in [3.8, 4) is 11.5 Å². The predicted octanol–water partition coefficient (Wildman–Crippen LogP) is 4.53. The van der Waals surface area contributed by atoms with E-state index in [4.69, 9.17) is 0 Å². The van der Waals surface area contributed by atoms with Crippen LogP contribution in [0.3, 0.4) is 0 Å². The predicted molar refractivity (Wildman–Crippen MR) is 123 cm³/mol. The first-order chi connectivity index (χ1) is 15.2. The number of nitrogens with one attached hydrogen (secondary N) is 1. The molecule has 0 aliphatic rings. The number of anilines is 1.